The van der Waals surface area contributed by atoms with Crippen molar-refractivity contribution in [2.24, 2.45) is 0 Å². The number of methoxy groups -OCH3 is 1. The fourth-order valence-corrected chi connectivity index (χ4v) is 2.60. The fraction of sp³-hybridized carbons (Fsp3) is 0.389. The summed E-state index contributed by atoms with van der Waals surface area (Å²) in [5, 5.41) is 6.95. The molecule has 0 aromatic carbocycles. The predicted octanol–water partition coefficient (Wildman–Crippen LogP) is 3.41. The number of halogens is 2. The molecule has 3 rings (SSSR count). The first-order chi connectivity index (χ1) is 13.5. The molecule has 148 valence electrons. The van der Waals surface area contributed by atoms with Gasteiger partial charge >= 0.3 is 6.55 Å². The largest absolute Gasteiger partial charge is 0.495 e. The molecule has 10 heteroatoms. The monoisotopic (exact) mass is 390 g/mol. The molecule has 0 unspecified atom stereocenters. The van der Waals surface area contributed by atoms with Crippen molar-refractivity contribution in [2.45, 2.75) is 32.7 Å². The van der Waals surface area contributed by atoms with Gasteiger partial charge in [0.2, 0.25) is 5.88 Å². The lowest BCUT2D eigenvalue weighted by Crippen LogP contribution is -2.09. The molecule has 0 saturated carbocycles. The van der Waals surface area contributed by atoms with Gasteiger partial charge in [-0.1, -0.05) is 12.1 Å². The normalized spacial score (nSPS) is 12.2. The molecule has 0 radical (unpaired) electrons. The van der Waals surface area contributed by atoms with Gasteiger partial charge in [-0.3, -0.25) is 4.98 Å². The van der Waals surface area contributed by atoms with E-state index < -0.39 is 6.55 Å². The van der Waals surface area contributed by atoms with E-state index in [-0.39, 0.29) is 17.5 Å². The number of nitrogens with zero attached hydrogens (tertiary/aromatic N) is 6. The molecule has 0 aliphatic carbocycles. The Labute approximate surface area is 160 Å². The summed E-state index contributed by atoms with van der Waals surface area (Å²) in [5.74, 6) is 1.51. The van der Waals surface area contributed by atoms with E-state index in [4.69, 9.17) is 9.47 Å². The standard InChI is InChI=1S/C18H20F2N6O2/c1-11(15-5-4-13(27-3)8-22-15)6-7-28-17-14(9-21-12(2)24-17)16-10-23-25-26(16)18(19)20/h4-5,8-11,18H,6-7H2,1-3H3/t11-/m1/s1. The van der Waals surface area contributed by atoms with Crippen LogP contribution < -0.4 is 9.47 Å². The van der Waals surface area contributed by atoms with Crippen molar-refractivity contribution in [2.75, 3.05) is 13.7 Å². The van der Waals surface area contributed by atoms with Crippen molar-refractivity contribution in [3.8, 4) is 22.9 Å². The lowest BCUT2D eigenvalue weighted by atomic mass is 10.0. The van der Waals surface area contributed by atoms with Gasteiger partial charge in [0.15, 0.2) is 0 Å². The second-order valence-corrected chi connectivity index (χ2v) is 6.14. The lowest BCUT2D eigenvalue weighted by molar-refractivity contribution is 0.0564. The number of rotatable bonds is 8. The minimum absolute atomic E-state index is 0.0925. The molecule has 0 saturated heterocycles. The van der Waals surface area contributed by atoms with Crippen LogP contribution in [0.5, 0.6) is 11.6 Å². The minimum Gasteiger partial charge on any atom is -0.495 e. The van der Waals surface area contributed by atoms with Gasteiger partial charge < -0.3 is 9.47 Å². The lowest BCUT2D eigenvalue weighted by Gasteiger charge is -2.14. The van der Waals surface area contributed by atoms with Gasteiger partial charge in [-0.2, -0.15) is 18.4 Å². The van der Waals surface area contributed by atoms with E-state index >= 15 is 0 Å². The molecule has 28 heavy (non-hydrogen) atoms. The van der Waals surface area contributed by atoms with E-state index in [1.165, 1.54) is 12.4 Å². The van der Waals surface area contributed by atoms with Crippen LogP contribution in [0.15, 0.2) is 30.7 Å². The first-order valence-corrected chi connectivity index (χ1v) is 8.64. The van der Waals surface area contributed by atoms with Crippen molar-refractivity contribution < 1.29 is 18.3 Å². The molecule has 0 aliphatic rings. The van der Waals surface area contributed by atoms with Crippen molar-refractivity contribution in [3.63, 3.8) is 0 Å². The van der Waals surface area contributed by atoms with Gasteiger partial charge in [-0.05, 0) is 25.5 Å². The van der Waals surface area contributed by atoms with E-state index in [0.29, 0.717) is 34.8 Å². The van der Waals surface area contributed by atoms with Gasteiger partial charge in [0.1, 0.15) is 17.3 Å². The van der Waals surface area contributed by atoms with Crippen LogP contribution in [0.2, 0.25) is 0 Å². The Balaban J connectivity index is 1.71. The smallest absolute Gasteiger partial charge is 0.335 e. The van der Waals surface area contributed by atoms with Crippen LogP contribution in [-0.4, -0.2) is 43.7 Å². The average molecular weight is 390 g/mol. The van der Waals surface area contributed by atoms with Crippen LogP contribution in [-0.2, 0) is 0 Å². The molecule has 0 amide bonds. The molecular formula is C18H20F2N6O2. The number of pyridine rings is 1. The minimum atomic E-state index is -2.83. The number of aromatic nitrogens is 6. The topological polar surface area (TPSA) is 87.8 Å². The van der Waals surface area contributed by atoms with Crippen LogP contribution >= 0.6 is 0 Å². The second kappa shape index (κ2) is 8.68. The van der Waals surface area contributed by atoms with Crippen LogP contribution in [0.4, 0.5) is 8.78 Å². The number of hydrogen-bond acceptors (Lipinski definition) is 7. The molecule has 3 heterocycles. The van der Waals surface area contributed by atoms with Crippen LogP contribution in [0.3, 0.4) is 0 Å². The molecule has 3 aromatic heterocycles. The third kappa shape index (κ3) is 4.38. The Morgan fingerprint density at radius 3 is 2.64 bits per heavy atom. The summed E-state index contributed by atoms with van der Waals surface area (Å²) in [6, 6.07) is 3.75. The number of aryl methyl sites for hydroxylation is 1. The zero-order valence-corrected chi connectivity index (χ0v) is 15.7. The van der Waals surface area contributed by atoms with Crippen LogP contribution in [0.1, 0.15) is 37.3 Å². The van der Waals surface area contributed by atoms with E-state index in [1.54, 1.807) is 20.2 Å². The molecule has 0 bridgehead atoms. The maximum absolute atomic E-state index is 13.1. The van der Waals surface area contributed by atoms with Crippen molar-refractivity contribution in [3.05, 3.63) is 42.2 Å². The van der Waals surface area contributed by atoms with Gasteiger partial charge in [0, 0.05) is 17.8 Å². The first-order valence-electron chi connectivity index (χ1n) is 8.64. The Hall–Kier alpha value is -3.17. The van der Waals surface area contributed by atoms with Gasteiger partial charge in [0.05, 0.1) is 31.7 Å². The van der Waals surface area contributed by atoms with Gasteiger partial charge in [-0.25, -0.2) is 4.98 Å². The van der Waals surface area contributed by atoms with E-state index in [0.717, 1.165) is 5.69 Å². The Morgan fingerprint density at radius 2 is 1.96 bits per heavy atom. The summed E-state index contributed by atoms with van der Waals surface area (Å²) in [5.41, 5.74) is 1.31. The molecular weight excluding hydrogens is 370 g/mol. The highest BCUT2D eigenvalue weighted by molar-refractivity contribution is 5.63. The molecule has 8 nitrogen and oxygen atoms in total. The molecule has 0 N–H and O–H groups in total. The highest BCUT2D eigenvalue weighted by atomic mass is 19.3. The molecule has 3 aromatic rings. The van der Waals surface area contributed by atoms with E-state index in [9.17, 15) is 8.78 Å². The van der Waals surface area contributed by atoms with Gasteiger partial charge in [-0.15, -0.1) is 5.10 Å². The van der Waals surface area contributed by atoms with Crippen molar-refractivity contribution in [1.29, 1.82) is 0 Å². The van der Waals surface area contributed by atoms with Crippen LogP contribution in [0.25, 0.3) is 11.3 Å². The van der Waals surface area contributed by atoms with Crippen molar-refractivity contribution >= 4 is 0 Å². The summed E-state index contributed by atoms with van der Waals surface area (Å²) in [4.78, 5) is 12.7. The highest BCUT2D eigenvalue weighted by Crippen LogP contribution is 2.30. The van der Waals surface area contributed by atoms with Crippen molar-refractivity contribution in [1.82, 2.24) is 29.9 Å². The quantitative estimate of drug-likeness (QED) is 0.582. The first kappa shape index (κ1) is 19.6. The fourth-order valence-electron chi connectivity index (χ4n) is 2.60. The maximum atomic E-state index is 13.1. The summed E-state index contributed by atoms with van der Waals surface area (Å²) < 4.78 is 37.6. The number of ether oxygens (including phenoxy) is 2. The Bertz CT molecular complexity index is 917. The highest BCUT2D eigenvalue weighted by Gasteiger charge is 2.20. The predicted molar refractivity (Wildman–Crippen MR) is 96.4 cm³/mol. The average Bonchev–Trinajstić information content (AvgIpc) is 3.18. The maximum Gasteiger partial charge on any atom is 0.335 e. The molecule has 1 atom stereocenters. The Kier molecular flexibility index (Phi) is 6.07. The second-order valence-electron chi connectivity index (χ2n) is 6.14. The third-order valence-electron chi connectivity index (χ3n) is 4.20. The number of hydrogen-bond donors (Lipinski definition) is 0. The molecule has 0 aliphatic heterocycles. The molecule has 0 fully saturated rings. The third-order valence-corrected chi connectivity index (χ3v) is 4.20. The molecule has 0 spiro atoms. The van der Waals surface area contributed by atoms with Gasteiger partial charge in [0.25, 0.3) is 0 Å². The van der Waals surface area contributed by atoms with E-state index in [1.807, 2.05) is 19.1 Å². The summed E-state index contributed by atoms with van der Waals surface area (Å²) in [7, 11) is 1.59. The number of alkyl halides is 2. The SMILES string of the molecule is COc1ccc([C@H](C)CCOc2nc(C)ncc2-c2cnnn2C(F)F)nc1. The Morgan fingerprint density at radius 1 is 1.14 bits per heavy atom. The zero-order valence-electron chi connectivity index (χ0n) is 15.7. The zero-order chi connectivity index (χ0) is 20.1. The van der Waals surface area contributed by atoms with E-state index in [2.05, 4.69) is 25.3 Å². The summed E-state index contributed by atoms with van der Waals surface area (Å²) in [6.45, 7) is 1.23. The summed E-state index contributed by atoms with van der Waals surface area (Å²) >= 11 is 0. The van der Waals surface area contributed by atoms with Crippen LogP contribution in [0, 0.1) is 6.92 Å². The summed E-state index contributed by atoms with van der Waals surface area (Å²) in [6.07, 6.45) is 4.99.